The molecule has 0 radical (unpaired) electrons. The number of carbonyl (C=O) groups excluding carboxylic acids is 1. The van der Waals surface area contributed by atoms with Crippen LogP contribution >= 0.6 is 0 Å². The molecule has 0 spiro atoms. The van der Waals surface area contributed by atoms with Crippen molar-refractivity contribution in [1.82, 2.24) is 15.2 Å². The van der Waals surface area contributed by atoms with Crippen LogP contribution in [0.3, 0.4) is 0 Å². The molecular formula is C14H15N3O2. The van der Waals surface area contributed by atoms with Gasteiger partial charge in [-0.15, -0.1) is 0 Å². The van der Waals surface area contributed by atoms with Crippen molar-refractivity contribution in [3.63, 3.8) is 0 Å². The monoisotopic (exact) mass is 257 g/mol. The first-order valence-corrected chi connectivity index (χ1v) is 6.84. The number of fused-ring (bicyclic) bond motifs is 4. The molecule has 5 rings (SSSR count). The van der Waals surface area contributed by atoms with E-state index in [1.807, 2.05) is 11.0 Å². The lowest BCUT2D eigenvalue weighted by Crippen LogP contribution is -2.50. The molecule has 2 aromatic rings. The number of rotatable bonds is 1. The molecule has 3 heterocycles. The molecule has 3 aliphatic rings. The lowest BCUT2D eigenvalue weighted by molar-refractivity contribution is 0.0333. The third-order valence-electron chi connectivity index (χ3n) is 4.47. The van der Waals surface area contributed by atoms with E-state index in [0.29, 0.717) is 28.6 Å². The number of amides is 1. The van der Waals surface area contributed by atoms with Crippen LogP contribution in [0.15, 0.2) is 22.8 Å². The quantitative estimate of drug-likeness (QED) is 0.786. The van der Waals surface area contributed by atoms with E-state index in [0.717, 1.165) is 19.4 Å². The van der Waals surface area contributed by atoms with Gasteiger partial charge in [0.1, 0.15) is 11.0 Å². The highest BCUT2D eigenvalue weighted by Gasteiger charge is 2.36. The summed E-state index contributed by atoms with van der Waals surface area (Å²) in [7, 11) is 0. The number of carbonyl (C=O) groups is 1. The summed E-state index contributed by atoms with van der Waals surface area (Å²) in [5, 5.41) is 7.56. The number of nitrogens with zero attached hydrogens (tertiary/aromatic N) is 3. The van der Waals surface area contributed by atoms with Crippen LogP contribution in [0.4, 0.5) is 0 Å². The van der Waals surface area contributed by atoms with Crippen molar-refractivity contribution in [2.24, 2.45) is 5.92 Å². The minimum Gasteiger partial charge on any atom is -0.335 e. The molecule has 1 amide bonds. The van der Waals surface area contributed by atoms with E-state index in [1.165, 1.54) is 12.8 Å². The highest BCUT2D eigenvalue weighted by Crippen LogP contribution is 2.35. The van der Waals surface area contributed by atoms with E-state index in [4.69, 9.17) is 0 Å². The van der Waals surface area contributed by atoms with Gasteiger partial charge in [-0.2, -0.15) is 0 Å². The van der Waals surface area contributed by atoms with Crippen molar-refractivity contribution < 1.29 is 9.42 Å². The SMILES string of the molecule is O=C(c1ccc2nonc2c1)N1CC2CCC1CC2. The van der Waals surface area contributed by atoms with Crippen LogP contribution < -0.4 is 0 Å². The largest absolute Gasteiger partial charge is 0.335 e. The number of piperidine rings is 2. The standard InChI is InChI=1S/C14H15N3O2/c18-14(17-8-9-1-4-11(17)5-2-9)10-3-6-12-13(7-10)16-19-15-12/h3,6-7,9,11H,1-2,4-5,8H2. The van der Waals surface area contributed by atoms with Crippen molar-refractivity contribution in [3.8, 4) is 0 Å². The van der Waals surface area contributed by atoms with Gasteiger partial charge in [0.25, 0.3) is 5.91 Å². The number of aromatic nitrogens is 2. The molecule has 5 nitrogen and oxygen atoms in total. The van der Waals surface area contributed by atoms with Crippen molar-refractivity contribution in [2.45, 2.75) is 31.7 Å². The van der Waals surface area contributed by atoms with E-state index in [1.54, 1.807) is 12.1 Å². The van der Waals surface area contributed by atoms with Crippen molar-refractivity contribution in [1.29, 1.82) is 0 Å². The molecule has 1 aliphatic carbocycles. The Morgan fingerprint density at radius 2 is 1.95 bits per heavy atom. The van der Waals surface area contributed by atoms with Crippen LogP contribution in [-0.4, -0.2) is 33.7 Å². The van der Waals surface area contributed by atoms with Gasteiger partial charge in [-0.3, -0.25) is 4.79 Å². The summed E-state index contributed by atoms with van der Waals surface area (Å²) in [6, 6.07) is 5.82. The van der Waals surface area contributed by atoms with Gasteiger partial charge in [-0.25, -0.2) is 4.63 Å². The van der Waals surface area contributed by atoms with Gasteiger partial charge < -0.3 is 4.90 Å². The fourth-order valence-electron chi connectivity index (χ4n) is 3.40. The van der Waals surface area contributed by atoms with Crippen molar-refractivity contribution in [2.75, 3.05) is 6.54 Å². The topological polar surface area (TPSA) is 59.2 Å². The molecule has 5 heteroatoms. The molecule has 98 valence electrons. The molecule has 1 aromatic carbocycles. The normalized spacial score (nSPS) is 26.0. The molecule has 0 N–H and O–H groups in total. The maximum absolute atomic E-state index is 12.6. The molecular weight excluding hydrogens is 242 g/mol. The van der Waals surface area contributed by atoms with E-state index < -0.39 is 0 Å². The average Bonchev–Trinajstić information content (AvgIpc) is 2.95. The zero-order valence-electron chi connectivity index (χ0n) is 10.6. The van der Waals surface area contributed by atoms with Gasteiger partial charge in [-0.1, -0.05) is 0 Å². The van der Waals surface area contributed by atoms with Crippen LogP contribution in [0.25, 0.3) is 11.0 Å². The Hall–Kier alpha value is -1.91. The van der Waals surface area contributed by atoms with Crippen molar-refractivity contribution >= 4 is 16.9 Å². The predicted octanol–water partition coefficient (Wildman–Crippen LogP) is 2.24. The summed E-state index contributed by atoms with van der Waals surface area (Å²) in [6.07, 6.45) is 4.87. The Bertz CT molecular complexity index is 628. The van der Waals surface area contributed by atoms with Gasteiger partial charge in [0.15, 0.2) is 0 Å². The second kappa shape index (κ2) is 4.05. The summed E-state index contributed by atoms with van der Waals surface area (Å²) in [4.78, 5) is 14.7. The molecule has 2 bridgehead atoms. The zero-order chi connectivity index (χ0) is 12.8. The summed E-state index contributed by atoms with van der Waals surface area (Å²) in [6.45, 7) is 0.915. The average molecular weight is 257 g/mol. The summed E-state index contributed by atoms with van der Waals surface area (Å²) < 4.78 is 4.67. The van der Waals surface area contributed by atoms with Crippen LogP contribution in [0.2, 0.25) is 0 Å². The molecule has 2 aliphatic heterocycles. The van der Waals surface area contributed by atoms with Gasteiger partial charge in [0, 0.05) is 18.2 Å². The highest BCUT2D eigenvalue weighted by atomic mass is 16.6. The Kier molecular flexibility index (Phi) is 2.33. The van der Waals surface area contributed by atoms with Gasteiger partial charge in [0.2, 0.25) is 0 Å². The van der Waals surface area contributed by atoms with Crippen LogP contribution in [0.1, 0.15) is 36.0 Å². The highest BCUT2D eigenvalue weighted by molar-refractivity contribution is 5.97. The summed E-state index contributed by atoms with van der Waals surface area (Å²) >= 11 is 0. The first-order chi connectivity index (χ1) is 9.31. The number of hydrogen-bond acceptors (Lipinski definition) is 4. The van der Waals surface area contributed by atoms with Crippen LogP contribution in [-0.2, 0) is 0 Å². The Morgan fingerprint density at radius 3 is 2.68 bits per heavy atom. The first kappa shape index (κ1) is 11.0. The number of hydrogen-bond donors (Lipinski definition) is 0. The third-order valence-corrected chi connectivity index (χ3v) is 4.47. The smallest absolute Gasteiger partial charge is 0.254 e. The van der Waals surface area contributed by atoms with Gasteiger partial charge in [-0.05, 0) is 60.1 Å². The minimum atomic E-state index is 0.124. The third kappa shape index (κ3) is 1.72. The maximum atomic E-state index is 12.6. The molecule has 3 fully saturated rings. The fraction of sp³-hybridized carbons (Fsp3) is 0.500. The van der Waals surface area contributed by atoms with Crippen LogP contribution in [0, 0.1) is 5.92 Å². The minimum absolute atomic E-state index is 0.124. The Morgan fingerprint density at radius 1 is 1.16 bits per heavy atom. The van der Waals surface area contributed by atoms with E-state index in [-0.39, 0.29) is 5.91 Å². The van der Waals surface area contributed by atoms with Gasteiger partial charge >= 0.3 is 0 Å². The number of benzene rings is 1. The molecule has 1 aromatic heterocycles. The van der Waals surface area contributed by atoms with Crippen molar-refractivity contribution in [3.05, 3.63) is 23.8 Å². The summed E-state index contributed by atoms with van der Waals surface area (Å²) in [5.41, 5.74) is 2.03. The summed E-state index contributed by atoms with van der Waals surface area (Å²) in [5.74, 6) is 0.825. The maximum Gasteiger partial charge on any atom is 0.254 e. The predicted molar refractivity (Wildman–Crippen MR) is 68.6 cm³/mol. The lowest BCUT2D eigenvalue weighted by atomic mass is 9.79. The van der Waals surface area contributed by atoms with E-state index >= 15 is 0 Å². The second-order valence-electron chi connectivity index (χ2n) is 5.60. The lowest BCUT2D eigenvalue weighted by Gasteiger charge is -2.45. The zero-order valence-corrected chi connectivity index (χ0v) is 10.6. The molecule has 0 atom stereocenters. The van der Waals surface area contributed by atoms with Crippen LogP contribution in [0.5, 0.6) is 0 Å². The molecule has 19 heavy (non-hydrogen) atoms. The Labute approximate surface area is 110 Å². The van der Waals surface area contributed by atoms with E-state index in [9.17, 15) is 4.79 Å². The van der Waals surface area contributed by atoms with Gasteiger partial charge in [0.05, 0.1) is 0 Å². The first-order valence-electron chi connectivity index (χ1n) is 6.84. The molecule has 1 saturated carbocycles. The van der Waals surface area contributed by atoms with E-state index in [2.05, 4.69) is 14.9 Å². The second-order valence-corrected chi connectivity index (χ2v) is 5.60. The molecule has 2 saturated heterocycles. The fourth-order valence-corrected chi connectivity index (χ4v) is 3.40. The molecule has 0 unspecified atom stereocenters. The Balaban J connectivity index is 1.65.